The van der Waals surface area contributed by atoms with Gasteiger partial charge < -0.3 is 31.5 Å². The number of nitrogens with two attached hydrogens (primary N) is 1. The lowest BCUT2D eigenvalue weighted by Crippen LogP contribution is -2.48. The second-order valence-electron chi connectivity index (χ2n) is 9.26. The number of nitrogens with zero attached hydrogens (tertiary/aromatic N) is 5. The smallest absolute Gasteiger partial charge is 0.254 e. The van der Waals surface area contributed by atoms with Crippen molar-refractivity contribution in [2.45, 2.75) is 20.3 Å². The Morgan fingerprint density at radius 1 is 1.25 bits per heavy atom. The first-order valence-electron chi connectivity index (χ1n) is 11.9. The fourth-order valence-corrected chi connectivity index (χ4v) is 4.33. The number of rotatable bonds is 10. The van der Waals surface area contributed by atoms with Crippen LogP contribution in [0.2, 0.25) is 10.0 Å². The molecular weight excluding hydrogens is 501 g/mol. The molecule has 0 saturated carbocycles. The molecule has 1 unspecified atom stereocenters. The van der Waals surface area contributed by atoms with E-state index in [0.29, 0.717) is 41.2 Å². The molecule has 1 atom stereocenters. The number of carbonyl (C=O) groups excluding carboxylic acids is 1. The van der Waals surface area contributed by atoms with Crippen LogP contribution in [-0.4, -0.2) is 85.0 Å². The summed E-state index contributed by atoms with van der Waals surface area (Å²) in [6.45, 7) is 8.30. The highest BCUT2D eigenvalue weighted by molar-refractivity contribution is 6.42. The molecule has 0 bridgehead atoms. The number of amides is 1. The van der Waals surface area contributed by atoms with Gasteiger partial charge in [0.25, 0.3) is 5.95 Å². The average Bonchev–Trinajstić information content (AvgIpc) is 3.24. The molecule has 2 heterocycles. The molecule has 1 aromatic heterocycles. The van der Waals surface area contributed by atoms with Gasteiger partial charge in [-0.3, -0.25) is 4.79 Å². The van der Waals surface area contributed by atoms with Gasteiger partial charge in [0, 0.05) is 43.6 Å². The number of halogens is 2. The number of benzene rings is 1. The lowest BCUT2D eigenvalue weighted by atomic mass is 9.85. The molecule has 196 valence electrons. The van der Waals surface area contributed by atoms with Crippen LogP contribution < -0.4 is 21.7 Å². The van der Waals surface area contributed by atoms with Crippen LogP contribution in [0.25, 0.3) is 0 Å². The molecule has 1 amide bonds. The number of hydrogen-bond donors (Lipinski definition) is 4. The molecule has 0 spiro atoms. The third-order valence-electron chi connectivity index (χ3n) is 6.07. The Labute approximate surface area is 222 Å². The summed E-state index contributed by atoms with van der Waals surface area (Å²) in [5.41, 5.74) is 6.88. The van der Waals surface area contributed by atoms with Gasteiger partial charge in [0.15, 0.2) is 0 Å². The van der Waals surface area contributed by atoms with E-state index in [0.717, 1.165) is 31.7 Å². The van der Waals surface area contributed by atoms with E-state index >= 15 is 0 Å². The summed E-state index contributed by atoms with van der Waals surface area (Å²) in [5.74, 6) is 0.954. The summed E-state index contributed by atoms with van der Waals surface area (Å²) in [6, 6.07) is 6.89. The minimum absolute atomic E-state index is 0.0619. The van der Waals surface area contributed by atoms with Gasteiger partial charge in [-0.1, -0.05) is 30.1 Å². The van der Waals surface area contributed by atoms with E-state index in [1.807, 2.05) is 32.0 Å². The Morgan fingerprint density at radius 3 is 2.69 bits per heavy atom. The molecule has 0 radical (unpaired) electrons. The monoisotopic (exact) mass is 535 g/mol. The number of carbonyl (C=O) groups is 1. The topological polar surface area (TPSA) is 124 Å². The molecular formula is C24H35Cl2N9O. The second kappa shape index (κ2) is 12.5. The summed E-state index contributed by atoms with van der Waals surface area (Å²) >= 11 is 12.0. The Bertz CT molecular complexity index is 1100. The standard InChI is InChI=1S/C24H35Cl2N9O/c1-5-35-10-8-24(15-35,21(36)28-9-11-34(3)4)14-29-20-12-16(2)30-23(32-20)33-22(27)31-17-6-7-18(25)19(26)13-17/h6-7,12-13H,5,8-11,14-15H2,1-4H3,(H,28,36)(H4,27,29,30,31,32,33). The van der Waals surface area contributed by atoms with Gasteiger partial charge in [-0.15, -0.1) is 0 Å². The summed E-state index contributed by atoms with van der Waals surface area (Å²) in [6.07, 6.45) is 0.775. The van der Waals surface area contributed by atoms with Crippen molar-refractivity contribution in [3.8, 4) is 0 Å². The van der Waals surface area contributed by atoms with Crippen molar-refractivity contribution in [3.63, 3.8) is 0 Å². The van der Waals surface area contributed by atoms with Crippen molar-refractivity contribution in [2.75, 3.05) is 64.0 Å². The number of aliphatic imine (C=N–C) groups is 1. The van der Waals surface area contributed by atoms with Crippen LogP contribution in [0.15, 0.2) is 29.3 Å². The minimum atomic E-state index is -0.543. The molecule has 10 nitrogen and oxygen atoms in total. The summed E-state index contributed by atoms with van der Waals surface area (Å²) in [7, 11) is 3.98. The molecule has 2 aromatic rings. The highest BCUT2D eigenvalue weighted by atomic mass is 35.5. The molecule has 1 saturated heterocycles. The summed E-state index contributed by atoms with van der Waals surface area (Å²) < 4.78 is 0. The number of likely N-dealkylation sites (tertiary alicyclic amines) is 1. The van der Waals surface area contributed by atoms with Gasteiger partial charge in [-0.2, -0.15) is 9.98 Å². The van der Waals surface area contributed by atoms with Crippen molar-refractivity contribution in [1.29, 1.82) is 0 Å². The van der Waals surface area contributed by atoms with Gasteiger partial charge >= 0.3 is 0 Å². The molecule has 1 aliphatic rings. The molecule has 3 rings (SSSR count). The number of aromatic nitrogens is 2. The van der Waals surface area contributed by atoms with Gasteiger partial charge in [-0.05, 0) is 58.7 Å². The van der Waals surface area contributed by atoms with Crippen LogP contribution in [0.4, 0.5) is 17.5 Å². The van der Waals surface area contributed by atoms with Crippen LogP contribution >= 0.6 is 23.2 Å². The van der Waals surface area contributed by atoms with E-state index in [4.69, 9.17) is 28.9 Å². The van der Waals surface area contributed by atoms with Crippen LogP contribution in [0.3, 0.4) is 0 Å². The van der Waals surface area contributed by atoms with Crippen LogP contribution in [0, 0.1) is 12.3 Å². The van der Waals surface area contributed by atoms with Gasteiger partial charge in [0.05, 0.1) is 15.5 Å². The van der Waals surface area contributed by atoms with Crippen molar-refractivity contribution >= 4 is 52.5 Å². The molecule has 0 aliphatic carbocycles. The van der Waals surface area contributed by atoms with Crippen molar-refractivity contribution < 1.29 is 4.79 Å². The number of hydrogen-bond acceptors (Lipinski definition) is 7. The Hall–Kier alpha value is -2.66. The van der Waals surface area contributed by atoms with Gasteiger partial charge in [-0.25, -0.2) is 4.98 Å². The highest BCUT2D eigenvalue weighted by Gasteiger charge is 2.44. The zero-order chi connectivity index (χ0) is 26.3. The molecule has 36 heavy (non-hydrogen) atoms. The maximum Gasteiger partial charge on any atom is 0.254 e. The first-order valence-corrected chi connectivity index (χ1v) is 12.7. The Kier molecular flexibility index (Phi) is 9.72. The van der Waals surface area contributed by atoms with Crippen LogP contribution in [-0.2, 0) is 4.79 Å². The Balaban J connectivity index is 1.72. The summed E-state index contributed by atoms with van der Waals surface area (Å²) in [4.78, 5) is 30.7. The second-order valence-corrected chi connectivity index (χ2v) is 10.1. The number of aryl methyl sites for hydroxylation is 1. The first kappa shape index (κ1) is 27.9. The predicted molar refractivity (Wildman–Crippen MR) is 147 cm³/mol. The van der Waals surface area contributed by atoms with E-state index < -0.39 is 5.41 Å². The van der Waals surface area contributed by atoms with E-state index in [1.54, 1.807) is 18.2 Å². The largest absolute Gasteiger partial charge is 0.369 e. The molecule has 1 aliphatic heterocycles. The third-order valence-corrected chi connectivity index (χ3v) is 6.81. The van der Waals surface area contributed by atoms with Gasteiger partial charge in [0.1, 0.15) is 5.82 Å². The van der Waals surface area contributed by atoms with E-state index in [9.17, 15) is 4.79 Å². The van der Waals surface area contributed by atoms with E-state index in [1.165, 1.54) is 0 Å². The maximum absolute atomic E-state index is 13.2. The number of guanidine groups is 1. The number of anilines is 2. The number of likely N-dealkylation sites (N-methyl/N-ethyl adjacent to an activating group) is 1. The van der Waals surface area contributed by atoms with E-state index in [2.05, 4.69) is 42.7 Å². The predicted octanol–water partition coefficient (Wildman–Crippen LogP) is 2.95. The lowest BCUT2D eigenvalue weighted by molar-refractivity contribution is -0.129. The van der Waals surface area contributed by atoms with Crippen LogP contribution in [0.5, 0.6) is 0 Å². The fourth-order valence-electron chi connectivity index (χ4n) is 4.03. The maximum atomic E-state index is 13.2. The first-order chi connectivity index (χ1) is 17.1. The summed E-state index contributed by atoms with van der Waals surface area (Å²) in [5, 5.41) is 10.3. The van der Waals surface area contributed by atoms with Crippen LogP contribution in [0.1, 0.15) is 19.0 Å². The average molecular weight is 537 g/mol. The van der Waals surface area contributed by atoms with Crippen molar-refractivity contribution in [3.05, 3.63) is 40.0 Å². The molecule has 1 aromatic carbocycles. The minimum Gasteiger partial charge on any atom is -0.369 e. The fraction of sp³-hybridized carbons (Fsp3) is 0.500. The molecule has 12 heteroatoms. The lowest BCUT2D eigenvalue weighted by Gasteiger charge is -2.29. The highest BCUT2D eigenvalue weighted by Crippen LogP contribution is 2.31. The SMILES string of the molecule is CCN1CCC(CNc2cc(C)nc(/N=C(\N)Nc3ccc(Cl)c(Cl)c3)n2)(C(=O)NCCN(C)C)C1. The third kappa shape index (κ3) is 7.67. The number of nitrogens with one attached hydrogen (secondary N) is 3. The zero-order valence-electron chi connectivity index (χ0n) is 21.2. The molecule has 5 N–H and O–H groups in total. The van der Waals surface area contributed by atoms with Crippen molar-refractivity contribution in [1.82, 2.24) is 25.1 Å². The normalized spacial score (nSPS) is 18.5. The molecule has 1 fully saturated rings. The quantitative estimate of drug-likeness (QED) is 0.270. The van der Waals surface area contributed by atoms with Crippen molar-refractivity contribution in [2.24, 2.45) is 16.1 Å². The zero-order valence-corrected chi connectivity index (χ0v) is 22.7. The van der Waals surface area contributed by atoms with Gasteiger partial charge in [0.2, 0.25) is 11.9 Å². The van der Waals surface area contributed by atoms with E-state index in [-0.39, 0.29) is 17.8 Å². The Morgan fingerprint density at radius 2 is 2.03 bits per heavy atom.